The molecule has 0 aliphatic heterocycles. The van der Waals surface area contributed by atoms with Crippen LogP contribution in [0, 0.1) is 0 Å². The van der Waals surface area contributed by atoms with Crippen molar-refractivity contribution in [1.29, 1.82) is 0 Å². The highest BCUT2D eigenvalue weighted by Crippen LogP contribution is 2.24. The number of ketones is 1. The summed E-state index contributed by atoms with van der Waals surface area (Å²) in [5, 5.41) is 21.8. The van der Waals surface area contributed by atoms with Crippen molar-refractivity contribution in [2.24, 2.45) is 0 Å². The molecule has 0 bridgehead atoms. The van der Waals surface area contributed by atoms with Gasteiger partial charge < -0.3 is 19.5 Å². The summed E-state index contributed by atoms with van der Waals surface area (Å²) in [4.78, 5) is 23.2. The zero-order valence-electron chi connectivity index (χ0n) is 19.2. The van der Waals surface area contributed by atoms with Crippen LogP contribution in [0.25, 0.3) is 0 Å². The Balaban J connectivity index is 4.06. The molecule has 2 unspecified atom stereocenters. The largest absolute Gasteiger partial charge is 0.550 e. The Kier molecular flexibility index (Phi) is 15.1. The van der Waals surface area contributed by atoms with Crippen LogP contribution >= 0.6 is 15.9 Å². The fraction of sp³-hybridized carbons (Fsp3) is 0.913. The molecule has 0 aliphatic carbocycles. The van der Waals surface area contributed by atoms with Gasteiger partial charge in [0.2, 0.25) is 0 Å². The first-order valence-corrected chi connectivity index (χ1v) is 12.3. The molecule has 0 aromatic heterocycles. The number of Topliss-reactive ketones (excluding diaryl/α,β-unsaturated/α-hetero) is 1. The van der Waals surface area contributed by atoms with Crippen molar-refractivity contribution in [3.8, 4) is 0 Å². The molecule has 0 rings (SSSR count). The van der Waals surface area contributed by atoms with E-state index in [0.717, 1.165) is 19.3 Å². The van der Waals surface area contributed by atoms with Crippen LogP contribution in [-0.4, -0.2) is 59.5 Å². The molecule has 1 N–H and O–H groups in total. The molecule has 0 aromatic rings. The first-order chi connectivity index (χ1) is 13.5. The second kappa shape index (κ2) is 15.4. The van der Waals surface area contributed by atoms with Crippen LogP contribution in [0.3, 0.4) is 0 Å². The van der Waals surface area contributed by atoms with Crippen LogP contribution in [0.2, 0.25) is 0 Å². The molecule has 5 nitrogen and oxygen atoms in total. The van der Waals surface area contributed by atoms with Gasteiger partial charge in [0.25, 0.3) is 0 Å². The normalized spacial score (nSPS) is 15.1. The van der Waals surface area contributed by atoms with Gasteiger partial charge in [0.05, 0.1) is 26.0 Å². The Morgan fingerprint density at radius 3 is 1.69 bits per heavy atom. The molecular weight excluding hydrogens is 434 g/mol. The number of carbonyl (C=O) groups excluding carboxylic acids is 2. The van der Waals surface area contributed by atoms with Crippen molar-refractivity contribution in [3.63, 3.8) is 0 Å². The Labute approximate surface area is 187 Å². The number of alkyl halides is 1. The number of aliphatic hydroxyl groups is 1. The summed E-state index contributed by atoms with van der Waals surface area (Å²) < 4.78 is 0.299. The van der Waals surface area contributed by atoms with E-state index in [1.165, 1.54) is 57.8 Å². The van der Waals surface area contributed by atoms with Gasteiger partial charge in [-0.1, -0.05) is 99.9 Å². The van der Waals surface area contributed by atoms with Gasteiger partial charge in [0, 0.05) is 12.4 Å². The number of rotatable bonds is 19. The van der Waals surface area contributed by atoms with E-state index in [9.17, 15) is 19.8 Å². The predicted molar refractivity (Wildman–Crippen MR) is 121 cm³/mol. The number of carboxylic acid groups (broad SMARTS) is 1. The van der Waals surface area contributed by atoms with Crippen LogP contribution in [0.4, 0.5) is 0 Å². The number of hydrogen-bond donors (Lipinski definition) is 1. The maximum atomic E-state index is 12.7. The lowest BCUT2D eigenvalue weighted by Gasteiger charge is -2.35. The van der Waals surface area contributed by atoms with Gasteiger partial charge in [0.15, 0.2) is 11.4 Å². The van der Waals surface area contributed by atoms with E-state index < -0.39 is 28.6 Å². The number of unbranched alkanes of at least 4 members (excludes halogenated alkanes) is 11. The minimum absolute atomic E-state index is 0.0420. The summed E-state index contributed by atoms with van der Waals surface area (Å²) in [6.07, 6.45) is 15.0. The van der Waals surface area contributed by atoms with Gasteiger partial charge in [-0.2, -0.15) is 0 Å². The summed E-state index contributed by atoms with van der Waals surface area (Å²) in [7, 11) is 5.46. The summed E-state index contributed by atoms with van der Waals surface area (Å²) in [6.45, 7) is 2.28. The van der Waals surface area contributed by atoms with Crippen molar-refractivity contribution in [2.75, 3.05) is 27.7 Å². The Morgan fingerprint density at radius 2 is 1.31 bits per heavy atom. The van der Waals surface area contributed by atoms with E-state index >= 15 is 0 Å². The van der Waals surface area contributed by atoms with E-state index in [0.29, 0.717) is 10.9 Å². The van der Waals surface area contributed by atoms with Gasteiger partial charge in [-0.05, 0) is 6.42 Å². The summed E-state index contributed by atoms with van der Waals surface area (Å²) in [6, 6.07) is 0. The highest BCUT2D eigenvalue weighted by molar-refractivity contribution is 9.10. The molecule has 172 valence electrons. The number of hydrogen-bond acceptors (Lipinski definition) is 4. The number of likely N-dealkylation sites (N-methyl/N-ethyl adjacent to an activating group) is 1. The van der Waals surface area contributed by atoms with Crippen LogP contribution in [0.1, 0.15) is 96.8 Å². The molecule has 6 heteroatoms. The molecule has 0 saturated carbocycles. The highest BCUT2D eigenvalue weighted by Gasteiger charge is 2.43. The minimum atomic E-state index is -1.90. The quantitative estimate of drug-likeness (QED) is 0.173. The van der Waals surface area contributed by atoms with E-state index in [1.807, 2.05) is 21.1 Å². The number of halogens is 1. The monoisotopic (exact) mass is 477 g/mol. The van der Waals surface area contributed by atoms with Crippen LogP contribution < -0.4 is 5.11 Å². The lowest BCUT2D eigenvalue weighted by Crippen LogP contribution is -2.57. The van der Waals surface area contributed by atoms with Crippen LogP contribution in [-0.2, 0) is 9.59 Å². The lowest BCUT2D eigenvalue weighted by molar-refractivity contribution is -0.875. The second-order valence-corrected chi connectivity index (χ2v) is 10.6. The van der Waals surface area contributed by atoms with Crippen LogP contribution in [0.5, 0.6) is 0 Å². The van der Waals surface area contributed by atoms with E-state index in [1.54, 1.807) is 0 Å². The SMILES string of the molecule is CCCCCCCCCCCCCCC(Br)C(=O)C(O)(CC(=O)[O-])C[N+](C)(C)C. The van der Waals surface area contributed by atoms with E-state index in [2.05, 4.69) is 22.9 Å². The van der Waals surface area contributed by atoms with Gasteiger partial charge in [-0.15, -0.1) is 0 Å². The zero-order chi connectivity index (χ0) is 22.3. The highest BCUT2D eigenvalue weighted by atomic mass is 79.9. The minimum Gasteiger partial charge on any atom is -0.550 e. The summed E-state index contributed by atoms with van der Waals surface area (Å²) in [5.74, 6) is -1.85. The van der Waals surface area contributed by atoms with Crippen molar-refractivity contribution in [3.05, 3.63) is 0 Å². The molecular formula is C23H44BrNO4. The van der Waals surface area contributed by atoms with Gasteiger partial charge in [-0.3, -0.25) is 4.79 Å². The summed E-state index contributed by atoms with van der Waals surface area (Å²) >= 11 is 3.38. The Bertz CT molecular complexity index is 464. The standard InChI is InChI=1S/C23H44BrNO4/c1-5-6-7-8-9-10-11-12-13-14-15-16-17-20(24)22(28)23(29,18-21(26)27)19-25(2,3)4/h20,29H,5-19H2,1-4H3. The molecule has 2 atom stereocenters. The average molecular weight is 479 g/mol. The van der Waals surface area contributed by atoms with Crippen molar-refractivity contribution < 1.29 is 24.3 Å². The topological polar surface area (TPSA) is 77.4 Å². The van der Waals surface area contributed by atoms with Crippen molar-refractivity contribution in [1.82, 2.24) is 0 Å². The number of quaternary nitrogens is 1. The van der Waals surface area contributed by atoms with Crippen molar-refractivity contribution >= 4 is 27.7 Å². The van der Waals surface area contributed by atoms with E-state index in [-0.39, 0.29) is 6.54 Å². The number of carbonyl (C=O) groups is 2. The molecule has 0 aliphatic rings. The average Bonchev–Trinajstić information content (AvgIpc) is 2.59. The predicted octanol–water partition coefficient (Wildman–Crippen LogP) is 3.99. The fourth-order valence-electron chi connectivity index (χ4n) is 3.83. The molecule has 0 heterocycles. The zero-order valence-corrected chi connectivity index (χ0v) is 20.8. The molecule has 0 radical (unpaired) electrons. The second-order valence-electron chi connectivity index (χ2n) is 9.54. The van der Waals surface area contributed by atoms with Gasteiger partial charge >= 0.3 is 0 Å². The van der Waals surface area contributed by atoms with E-state index in [4.69, 9.17) is 0 Å². The number of nitrogens with zero attached hydrogens (tertiary/aromatic N) is 1. The third-order valence-electron chi connectivity index (χ3n) is 5.23. The third-order valence-corrected chi connectivity index (χ3v) is 6.10. The first-order valence-electron chi connectivity index (χ1n) is 11.4. The fourth-order valence-corrected chi connectivity index (χ4v) is 4.58. The molecule has 0 fully saturated rings. The number of carboxylic acids is 1. The Hall–Kier alpha value is -0.460. The molecule has 0 saturated heterocycles. The van der Waals surface area contributed by atoms with Crippen molar-refractivity contribution in [2.45, 2.75) is 107 Å². The number of aliphatic carboxylic acids is 1. The maximum absolute atomic E-state index is 12.7. The molecule has 0 aromatic carbocycles. The maximum Gasteiger partial charge on any atom is 0.184 e. The lowest BCUT2D eigenvalue weighted by atomic mass is 9.89. The molecule has 0 amide bonds. The van der Waals surface area contributed by atoms with Crippen LogP contribution in [0.15, 0.2) is 0 Å². The summed E-state index contributed by atoms with van der Waals surface area (Å²) in [5.41, 5.74) is -1.90. The third kappa shape index (κ3) is 15.1. The molecule has 0 spiro atoms. The van der Waals surface area contributed by atoms with Gasteiger partial charge in [-0.25, -0.2) is 0 Å². The van der Waals surface area contributed by atoms with Gasteiger partial charge in [0.1, 0.15) is 6.54 Å². The molecule has 29 heavy (non-hydrogen) atoms. The first kappa shape index (κ1) is 28.5. The smallest absolute Gasteiger partial charge is 0.184 e. The Morgan fingerprint density at radius 1 is 0.897 bits per heavy atom.